The van der Waals surface area contributed by atoms with E-state index in [9.17, 15) is 4.79 Å². The van der Waals surface area contributed by atoms with Gasteiger partial charge in [-0.3, -0.25) is 0 Å². The minimum Gasteiger partial charge on any atom is -0.244 e. The summed E-state index contributed by atoms with van der Waals surface area (Å²) in [6, 6.07) is 17.6. The Morgan fingerprint density at radius 1 is 1.05 bits per heavy atom. The molecule has 0 radical (unpaired) electrons. The van der Waals surface area contributed by atoms with Crippen molar-refractivity contribution in [1.82, 2.24) is 14.8 Å². The summed E-state index contributed by atoms with van der Waals surface area (Å²) in [4.78, 5) is 15.6. The Balaban J connectivity index is 2.21. The Hall–Kier alpha value is -2.62. The molecule has 19 heavy (non-hydrogen) atoms. The molecule has 0 saturated carbocycles. The van der Waals surface area contributed by atoms with Crippen molar-refractivity contribution in [3.63, 3.8) is 0 Å². The van der Waals surface area contributed by atoms with E-state index in [0.29, 0.717) is 5.82 Å². The van der Waals surface area contributed by atoms with Crippen LogP contribution >= 0.6 is 0 Å². The van der Waals surface area contributed by atoms with Crippen LogP contribution in [0.4, 0.5) is 0 Å². The van der Waals surface area contributed by atoms with Crippen molar-refractivity contribution in [3.8, 4) is 17.1 Å². The summed E-state index contributed by atoms with van der Waals surface area (Å²) in [6.45, 7) is 2.01. The fourth-order valence-electron chi connectivity index (χ4n) is 2.05. The highest BCUT2D eigenvalue weighted by Gasteiger charge is 2.10. The van der Waals surface area contributed by atoms with E-state index in [1.165, 1.54) is 0 Å². The molecule has 0 aliphatic rings. The van der Waals surface area contributed by atoms with Crippen LogP contribution in [0.1, 0.15) is 5.56 Å². The molecule has 0 aliphatic carbocycles. The Kier molecular flexibility index (Phi) is 2.76. The van der Waals surface area contributed by atoms with E-state index in [0.717, 1.165) is 16.8 Å². The van der Waals surface area contributed by atoms with Crippen molar-refractivity contribution in [3.05, 3.63) is 70.6 Å². The number of benzene rings is 2. The third kappa shape index (κ3) is 2.20. The smallest absolute Gasteiger partial charge is 0.244 e. The maximum absolute atomic E-state index is 11.6. The lowest BCUT2D eigenvalue weighted by atomic mass is 10.2. The fourth-order valence-corrected chi connectivity index (χ4v) is 2.05. The van der Waals surface area contributed by atoms with Crippen molar-refractivity contribution >= 4 is 0 Å². The van der Waals surface area contributed by atoms with Gasteiger partial charge in [-0.15, -0.1) is 0 Å². The zero-order valence-electron chi connectivity index (χ0n) is 10.5. The molecule has 0 bridgehead atoms. The van der Waals surface area contributed by atoms with E-state index in [-0.39, 0.29) is 5.69 Å². The molecule has 2 aromatic carbocycles. The zero-order chi connectivity index (χ0) is 13.2. The van der Waals surface area contributed by atoms with Gasteiger partial charge in [0.2, 0.25) is 0 Å². The average molecular weight is 251 g/mol. The lowest BCUT2D eigenvalue weighted by Crippen LogP contribution is -2.05. The molecule has 1 aromatic heterocycles. The van der Waals surface area contributed by atoms with E-state index in [2.05, 4.69) is 10.1 Å². The number of rotatable bonds is 2. The number of aryl methyl sites for hydroxylation is 1. The number of nitrogens with zero attached hydrogens (tertiary/aromatic N) is 2. The van der Waals surface area contributed by atoms with Gasteiger partial charge in [-0.2, -0.15) is 4.98 Å². The first-order chi connectivity index (χ1) is 9.24. The summed E-state index contributed by atoms with van der Waals surface area (Å²) in [5, 5.41) is 2.74. The van der Waals surface area contributed by atoms with Crippen molar-refractivity contribution < 1.29 is 0 Å². The highest BCUT2D eigenvalue weighted by atomic mass is 16.1. The molecule has 4 heteroatoms. The monoisotopic (exact) mass is 251 g/mol. The zero-order valence-corrected chi connectivity index (χ0v) is 10.5. The maximum atomic E-state index is 11.6. The summed E-state index contributed by atoms with van der Waals surface area (Å²) in [6.07, 6.45) is 0. The van der Waals surface area contributed by atoms with Crippen LogP contribution < -0.4 is 5.69 Å². The number of aromatic amines is 1. The molecule has 3 aromatic rings. The summed E-state index contributed by atoms with van der Waals surface area (Å²) >= 11 is 0. The van der Waals surface area contributed by atoms with E-state index in [1.807, 2.05) is 61.5 Å². The van der Waals surface area contributed by atoms with Gasteiger partial charge in [0.15, 0.2) is 5.82 Å². The number of aromatic nitrogens is 3. The fraction of sp³-hybridized carbons (Fsp3) is 0.0667. The lowest BCUT2D eigenvalue weighted by Gasteiger charge is -2.07. The van der Waals surface area contributed by atoms with E-state index >= 15 is 0 Å². The minimum atomic E-state index is -0.347. The van der Waals surface area contributed by atoms with Crippen molar-refractivity contribution in [2.75, 3.05) is 0 Å². The van der Waals surface area contributed by atoms with Gasteiger partial charge in [0.25, 0.3) is 0 Å². The van der Waals surface area contributed by atoms with Crippen LogP contribution in [0.5, 0.6) is 0 Å². The first kappa shape index (κ1) is 11.5. The first-order valence-electron chi connectivity index (χ1n) is 6.05. The third-order valence-corrected chi connectivity index (χ3v) is 2.92. The predicted octanol–water partition coefficient (Wildman–Crippen LogP) is 2.54. The van der Waals surface area contributed by atoms with E-state index in [4.69, 9.17) is 0 Å². The SMILES string of the molecule is Cc1cccc(-n2[nH]c(=O)nc2-c2ccccc2)c1. The quantitative estimate of drug-likeness (QED) is 0.761. The van der Waals surface area contributed by atoms with Gasteiger partial charge < -0.3 is 0 Å². The largest absolute Gasteiger partial charge is 0.362 e. The molecule has 0 unspecified atom stereocenters. The summed E-state index contributed by atoms with van der Waals surface area (Å²) in [5.74, 6) is 0.621. The topological polar surface area (TPSA) is 50.7 Å². The molecule has 0 spiro atoms. The Labute approximate surface area is 110 Å². The van der Waals surface area contributed by atoms with Gasteiger partial charge in [-0.25, -0.2) is 14.6 Å². The predicted molar refractivity (Wildman–Crippen MR) is 74.4 cm³/mol. The molecule has 94 valence electrons. The molecule has 1 heterocycles. The van der Waals surface area contributed by atoms with Gasteiger partial charge in [-0.1, -0.05) is 42.5 Å². The third-order valence-electron chi connectivity index (χ3n) is 2.92. The van der Waals surface area contributed by atoms with Crippen molar-refractivity contribution in [1.29, 1.82) is 0 Å². The summed E-state index contributed by atoms with van der Waals surface area (Å²) in [5.41, 5.74) is 2.59. The maximum Gasteiger partial charge on any atom is 0.362 e. The molecule has 4 nitrogen and oxygen atoms in total. The second-order valence-corrected chi connectivity index (χ2v) is 4.39. The van der Waals surface area contributed by atoms with Crippen LogP contribution in [0.2, 0.25) is 0 Å². The van der Waals surface area contributed by atoms with Crippen LogP contribution in [0.3, 0.4) is 0 Å². The molecule has 0 saturated heterocycles. The summed E-state index contributed by atoms with van der Waals surface area (Å²) < 4.78 is 1.71. The molecule has 0 aliphatic heterocycles. The second-order valence-electron chi connectivity index (χ2n) is 4.39. The number of hydrogen-bond acceptors (Lipinski definition) is 2. The van der Waals surface area contributed by atoms with Crippen molar-refractivity contribution in [2.45, 2.75) is 6.92 Å². The molecule has 3 rings (SSSR count). The second kappa shape index (κ2) is 4.57. The van der Waals surface area contributed by atoms with Gasteiger partial charge in [0.05, 0.1) is 5.69 Å². The van der Waals surface area contributed by atoms with Gasteiger partial charge in [0, 0.05) is 5.56 Å². The highest BCUT2D eigenvalue weighted by Crippen LogP contribution is 2.18. The number of hydrogen-bond donors (Lipinski definition) is 1. The first-order valence-corrected chi connectivity index (χ1v) is 6.05. The van der Waals surface area contributed by atoms with Gasteiger partial charge in [0.1, 0.15) is 0 Å². The molecular formula is C15H13N3O. The van der Waals surface area contributed by atoms with Gasteiger partial charge >= 0.3 is 5.69 Å². The Morgan fingerprint density at radius 3 is 2.58 bits per heavy atom. The van der Waals surface area contributed by atoms with Crippen LogP contribution in [0, 0.1) is 6.92 Å². The minimum absolute atomic E-state index is 0.347. The summed E-state index contributed by atoms with van der Waals surface area (Å²) in [7, 11) is 0. The van der Waals surface area contributed by atoms with Crippen molar-refractivity contribution in [2.24, 2.45) is 0 Å². The van der Waals surface area contributed by atoms with Crippen LogP contribution in [0.25, 0.3) is 17.1 Å². The van der Waals surface area contributed by atoms with E-state index < -0.39 is 0 Å². The molecule has 0 fully saturated rings. The Morgan fingerprint density at radius 2 is 1.84 bits per heavy atom. The molecular weight excluding hydrogens is 238 g/mol. The van der Waals surface area contributed by atoms with Crippen LogP contribution in [-0.2, 0) is 0 Å². The average Bonchev–Trinajstić information content (AvgIpc) is 2.82. The molecule has 1 N–H and O–H groups in total. The molecule has 0 amide bonds. The number of H-pyrrole nitrogens is 1. The standard InChI is InChI=1S/C15H13N3O/c1-11-6-5-9-13(10-11)18-14(16-15(19)17-18)12-7-3-2-4-8-12/h2-10H,1H3,(H,17,19). The number of nitrogens with one attached hydrogen (secondary N) is 1. The van der Waals surface area contributed by atoms with Crippen LogP contribution in [0.15, 0.2) is 59.4 Å². The Bertz CT molecular complexity index is 756. The lowest BCUT2D eigenvalue weighted by molar-refractivity contribution is 0.869. The normalized spacial score (nSPS) is 10.6. The van der Waals surface area contributed by atoms with Gasteiger partial charge in [-0.05, 0) is 24.6 Å². The van der Waals surface area contributed by atoms with E-state index in [1.54, 1.807) is 4.68 Å². The van der Waals surface area contributed by atoms with Crippen LogP contribution in [-0.4, -0.2) is 14.8 Å². The molecule has 0 atom stereocenters. The highest BCUT2D eigenvalue weighted by molar-refractivity contribution is 5.57.